The van der Waals surface area contributed by atoms with Crippen LogP contribution in [0, 0.1) is 0 Å². The van der Waals surface area contributed by atoms with Crippen LogP contribution in [-0.2, 0) is 9.59 Å². The minimum absolute atomic E-state index is 0.0195. The maximum absolute atomic E-state index is 11.4. The van der Waals surface area contributed by atoms with Crippen LogP contribution in [0.5, 0.6) is 0 Å². The van der Waals surface area contributed by atoms with Gasteiger partial charge in [0.2, 0.25) is 11.8 Å². The number of amides is 2. The van der Waals surface area contributed by atoms with Gasteiger partial charge < -0.3 is 16.4 Å². The van der Waals surface area contributed by atoms with Crippen LogP contribution in [0.4, 0.5) is 0 Å². The van der Waals surface area contributed by atoms with Crippen molar-refractivity contribution in [1.82, 2.24) is 10.6 Å². The molecule has 0 fully saturated rings. The monoisotopic (exact) mass is 277 g/mol. The zero-order chi connectivity index (χ0) is 15.1. The van der Waals surface area contributed by atoms with Crippen molar-refractivity contribution >= 4 is 11.8 Å². The number of rotatable bonds is 6. The van der Waals surface area contributed by atoms with E-state index in [-0.39, 0.29) is 24.4 Å². The molecule has 0 aliphatic carbocycles. The Morgan fingerprint density at radius 1 is 1.10 bits per heavy atom. The summed E-state index contributed by atoms with van der Waals surface area (Å²) in [6.45, 7) is 5.97. The van der Waals surface area contributed by atoms with Crippen molar-refractivity contribution in [3.8, 4) is 0 Å². The van der Waals surface area contributed by atoms with Crippen LogP contribution in [0.25, 0.3) is 0 Å². The van der Waals surface area contributed by atoms with Crippen molar-refractivity contribution in [3.63, 3.8) is 0 Å². The Morgan fingerprint density at radius 3 is 2.15 bits per heavy atom. The van der Waals surface area contributed by atoms with Gasteiger partial charge in [0.25, 0.3) is 0 Å². The van der Waals surface area contributed by atoms with Crippen molar-refractivity contribution in [2.45, 2.75) is 32.7 Å². The number of carbonyl (C=O) groups excluding carboxylic acids is 2. The lowest BCUT2D eigenvalue weighted by molar-refractivity contribution is -0.125. The van der Waals surface area contributed by atoms with Crippen molar-refractivity contribution in [2.24, 2.45) is 5.73 Å². The molecule has 1 rings (SSSR count). The van der Waals surface area contributed by atoms with E-state index < -0.39 is 0 Å². The fourth-order valence-corrected chi connectivity index (χ4v) is 1.74. The number of hydrogen-bond acceptors (Lipinski definition) is 3. The van der Waals surface area contributed by atoms with E-state index in [0.717, 1.165) is 5.56 Å². The molecule has 0 bridgehead atoms. The van der Waals surface area contributed by atoms with E-state index in [9.17, 15) is 9.59 Å². The summed E-state index contributed by atoms with van der Waals surface area (Å²) in [5, 5.41) is 5.13. The van der Waals surface area contributed by atoms with Crippen LogP contribution in [0.2, 0.25) is 0 Å². The molecule has 0 aromatic heterocycles. The second-order valence-corrected chi connectivity index (χ2v) is 5.14. The quantitative estimate of drug-likeness (QED) is 0.727. The van der Waals surface area contributed by atoms with E-state index in [2.05, 4.69) is 36.6 Å². The minimum atomic E-state index is -0.252. The van der Waals surface area contributed by atoms with Gasteiger partial charge >= 0.3 is 0 Å². The first-order chi connectivity index (χ1) is 9.40. The summed E-state index contributed by atoms with van der Waals surface area (Å²) in [5.74, 6) is 0.0146. The van der Waals surface area contributed by atoms with E-state index in [1.165, 1.54) is 12.5 Å². The van der Waals surface area contributed by atoms with Gasteiger partial charge in [0.05, 0.1) is 6.54 Å². The Labute approximate surface area is 119 Å². The second-order valence-electron chi connectivity index (χ2n) is 5.14. The van der Waals surface area contributed by atoms with Gasteiger partial charge in [-0.15, -0.1) is 0 Å². The molecule has 0 saturated carbocycles. The zero-order valence-electron chi connectivity index (χ0n) is 12.3. The number of nitrogens with two attached hydrogens (primary N) is 1. The van der Waals surface area contributed by atoms with Gasteiger partial charge in [-0.1, -0.05) is 38.1 Å². The highest BCUT2D eigenvalue weighted by molar-refractivity contribution is 5.83. The molecule has 110 valence electrons. The third-order valence-corrected chi connectivity index (χ3v) is 3.05. The molecule has 0 aliphatic rings. The molecule has 1 atom stereocenters. The normalized spacial score (nSPS) is 12.1. The van der Waals surface area contributed by atoms with Crippen LogP contribution < -0.4 is 16.4 Å². The van der Waals surface area contributed by atoms with E-state index in [1.807, 2.05) is 12.1 Å². The van der Waals surface area contributed by atoms with E-state index in [0.29, 0.717) is 12.5 Å². The van der Waals surface area contributed by atoms with Gasteiger partial charge in [-0.05, 0) is 17.0 Å². The Bertz CT molecular complexity index is 455. The number of hydrogen-bond donors (Lipinski definition) is 3. The van der Waals surface area contributed by atoms with Gasteiger partial charge in [0.1, 0.15) is 0 Å². The van der Waals surface area contributed by atoms with Gasteiger partial charge in [-0.3, -0.25) is 9.59 Å². The Hall–Kier alpha value is -1.88. The summed E-state index contributed by atoms with van der Waals surface area (Å²) < 4.78 is 0. The maximum atomic E-state index is 11.4. The van der Waals surface area contributed by atoms with Crippen LogP contribution in [-0.4, -0.2) is 24.9 Å². The van der Waals surface area contributed by atoms with E-state index in [4.69, 9.17) is 5.73 Å². The lowest BCUT2D eigenvalue weighted by atomic mass is 9.99. The molecular formula is C15H23N3O2. The largest absolute Gasteiger partial charge is 0.353 e. The van der Waals surface area contributed by atoms with Crippen LogP contribution >= 0.6 is 0 Å². The number of nitrogens with one attached hydrogen (secondary N) is 2. The van der Waals surface area contributed by atoms with Crippen LogP contribution in [0.15, 0.2) is 24.3 Å². The highest BCUT2D eigenvalue weighted by atomic mass is 16.2. The predicted octanol–water partition coefficient (Wildman–Crippen LogP) is 1.06. The molecule has 1 aromatic rings. The molecule has 5 heteroatoms. The summed E-state index contributed by atoms with van der Waals surface area (Å²) in [4.78, 5) is 22.1. The average molecular weight is 277 g/mol. The minimum Gasteiger partial charge on any atom is -0.353 e. The molecule has 0 spiro atoms. The molecular weight excluding hydrogens is 254 g/mol. The first-order valence-corrected chi connectivity index (χ1v) is 6.76. The molecule has 0 saturated heterocycles. The predicted molar refractivity (Wildman–Crippen MR) is 79.2 cm³/mol. The Balaban J connectivity index is 2.44. The molecule has 20 heavy (non-hydrogen) atoms. The standard InChI is InChI=1S/C15H23N3O2/c1-10(2)12-4-6-13(7-5-12)14(16)8-18-15(20)9-17-11(3)19/h4-7,10,14H,8-9,16H2,1-3H3,(H,17,19)(H,18,20). The summed E-state index contributed by atoms with van der Waals surface area (Å²) in [6.07, 6.45) is 0. The molecule has 0 aliphatic heterocycles. The fraction of sp³-hybridized carbons (Fsp3) is 0.467. The topological polar surface area (TPSA) is 84.2 Å². The summed E-state index contributed by atoms with van der Waals surface area (Å²) in [5.41, 5.74) is 8.26. The average Bonchev–Trinajstić information content (AvgIpc) is 2.42. The molecule has 4 N–H and O–H groups in total. The number of benzene rings is 1. The molecule has 0 heterocycles. The van der Waals surface area contributed by atoms with Crippen molar-refractivity contribution in [3.05, 3.63) is 35.4 Å². The van der Waals surface area contributed by atoms with Crippen molar-refractivity contribution in [2.75, 3.05) is 13.1 Å². The fourth-order valence-electron chi connectivity index (χ4n) is 1.74. The number of carbonyl (C=O) groups is 2. The third kappa shape index (κ3) is 5.40. The highest BCUT2D eigenvalue weighted by Gasteiger charge is 2.09. The van der Waals surface area contributed by atoms with Gasteiger partial charge in [-0.25, -0.2) is 0 Å². The lowest BCUT2D eigenvalue weighted by Crippen LogP contribution is -2.39. The van der Waals surface area contributed by atoms with Crippen LogP contribution in [0.1, 0.15) is 43.9 Å². The Morgan fingerprint density at radius 2 is 1.65 bits per heavy atom. The summed E-state index contributed by atoms with van der Waals surface area (Å²) in [7, 11) is 0. The summed E-state index contributed by atoms with van der Waals surface area (Å²) in [6, 6.07) is 7.83. The molecule has 0 radical (unpaired) electrons. The SMILES string of the molecule is CC(=O)NCC(=O)NCC(N)c1ccc(C(C)C)cc1. The highest BCUT2D eigenvalue weighted by Crippen LogP contribution is 2.17. The lowest BCUT2D eigenvalue weighted by Gasteiger charge is -2.14. The van der Waals surface area contributed by atoms with Gasteiger partial charge in [0, 0.05) is 19.5 Å². The second kappa shape index (κ2) is 7.65. The maximum Gasteiger partial charge on any atom is 0.239 e. The third-order valence-electron chi connectivity index (χ3n) is 3.05. The molecule has 1 unspecified atom stereocenters. The summed E-state index contributed by atoms with van der Waals surface area (Å²) >= 11 is 0. The first kappa shape index (κ1) is 16.2. The molecule has 5 nitrogen and oxygen atoms in total. The van der Waals surface area contributed by atoms with E-state index >= 15 is 0 Å². The van der Waals surface area contributed by atoms with Crippen molar-refractivity contribution < 1.29 is 9.59 Å². The molecule has 2 amide bonds. The van der Waals surface area contributed by atoms with Crippen molar-refractivity contribution in [1.29, 1.82) is 0 Å². The van der Waals surface area contributed by atoms with Crippen LogP contribution in [0.3, 0.4) is 0 Å². The smallest absolute Gasteiger partial charge is 0.239 e. The van der Waals surface area contributed by atoms with Gasteiger partial charge in [0.15, 0.2) is 0 Å². The molecule has 1 aromatic carbocycles. The zero-order valence-corrected chi connectivity index (χ0v) is 12.3. The van der Waals surface area contributed by atoms with Gasteiger partial charge in [-0.2, -0.15) is 0 Å². The Kier molecular flexibility index (Phi) is 6.18. The van der Waals surface area contributed by atoms with E-state index in [1.54, 1.807) is 0 Å². The first-order valence-electron chi connectivity index (χ1n) is 6.76.